The first-order valence-electron chi connectivity index (χ1n) is 9.66. The number of ether oxygens (including phenoxy) is 1. The highest BCUT2D eigenvalue weighted by Gasteiger charge is 2.36. The molecule has 0 fully saturated rings. The lowest BCUT2D eigenvalue weighted by Gasteiger charge is -2.32. The summed E-state index contributed by atoms with van der Waals surface area (Å²) in [6.45, 7) is 1.39. The van der Waals surface area contributed by atoms with Crippen LogP contribution in [-0.2, 0) is 14.8 Å². The Morgan fingerprint density at radius 3 is 2.48 bits per heavy atom. The second-order valence-corrected chi connectivity index (χ2v) is 9.06. The highest BCUT2D eigenvalue weighted by Crippen LogP contribution is 2.43. The van der Waals surface area contributed by atoms with E-state index in [1.54, 1.807) is 37.4 Å². The molecule has 3 aromatic rings. The molecule has 0 bridgehead atoms. The third-order valence-corrected chi connectivity index (χ3v) is 7.07. The molecule has 4 rings (SSSR count). The fourth-order valence-electron chi connectivity index (χ4n) is 3.67. The number of carbonyl (C=O) groups excluding carboxylic acids is 1. The number of fused-ring (bicyclic) bond motifs is 3. The molecule has 160 valence electrons. The molecular weight excluding hydrogens is 419 g/mol. The molecule has 1 heterocycles. The number of halogens is 1. The molecule has 8 heteroatoms. The van der Waals surface area contributed by atoms with Gasteiger partial charge in [-0.05, 0) is 48.9 Å². The summed E-state index contributed by atoms with van der Waals surface area (Å²) in [4.78, 5) is 12.8. The van der Waals surface area contributed by atoms with E-state index in [1.807, 2.05) is 19.1 Å². The lowest BCUT2D eigenvalue weighted by atomic mass is 10.0. The number of benzene rings is 3. The number of carbonyl (C=O) groups is 1. The third-order valence-electron chi connectivity index (χ3n) is 5.25. The number of amides is 1. The molecule has 1 aliphatic heterocycles. The van der Waals surface area contributed by atoms with Crippen molar-refractivity contribution in [1.29, 1.82) is 0 Å². The van der Waals surface area contributed by atoms with Gasteiger partial charge in [-0.2, -0.15) is 0 Å². The number of nitrogens with zero attached hydrogens (tertiary/aromatic N) is 1. The van der Waals surface area contributed by atoms with Crippen molar-refractivity contribution in [3.05, 3.63) is 78.1 Å². The molecule has 0 aromatic heterocycles. The molecule has 31 heavy (non-hydrogen) atoms. The van der Waals surface area contributed by atoms with Gasteiger partial charge >= 0.3 is 0 Å². The summed E-state index contributed by atoms with van der Waals surface area (Å²) in [5, 5.41) is 2.82. The van der Waals surface area contributed by atoms with Crippen LogP contribution in [0.4, 0.5) is 10.1 Å². The van der Waals surface area contributed by atoms with Crippen molar-refractivity contribution >= 4 is 21.6 Å². The Morgan fingerprint density at radius 1 is 1.06 bits per heavy atom. The number of nitrogens with one attached hydrogen (secondary N) is 1. The molecule has 1 N–H and O–H groups in total. The molecule has 0 saturated carbocycles. The van der Waals surface area contributed by atoms with Gasteiger partial charge in [0.15, 0.2) is 0 Å². The number of anilines is 1. The Morgan fingerprint density at radius 2 is 1.77 bits per heavy atom. The summed E-state index contributed by atoms with van der Waals surface area (Å²) in [7, 11) is -2.41. The van der Waals surface area contributed by atoms with Gasteiger partial charge in [0, 0.05) is 11.1 Å². The summed E-state index contributed by atoms with van der Waals surface area (Å²) in [6.07, 6.45) is 0. The van der Waals surface area contributed by atoms with Crippen LogP contribution in [0.2, 0.25) is 0 Å². The van der Waals surface area contributed by atoms with Gasteiger partial charge in [-0.25, -0.2) is 12.8 Å². The molecule has 1 aliphatic rings. The van der Waals surface area contributed by atoms with Crippen molar-refractivity contribution in [3.63, 3.8) is 0 Å². The predicted octanol–water partition coefficient (Wildman–Crippen LogP) is 3.89. The largest absolute Gasteiger partial charge is 0.497 e. The van der Waals surface area contributed by atoms with Crippen molar-refractivity contribution in [1.82, 2.24) is 5.32 Å². The van der Waals surface area contributed by atoms with Gasteiger partial charge in [0.1, 0.15) is 18.1 Å². The molecular formula is C23H21FN2O4S. The summed E-state index contributed by atoms with van der Waals surface area (Å²) in [5.74, 6) is -0.254. The maximum absolute atomic E-state index is 13.9. The van der Waals surface area contributed by atoms with E-state index < -0.39 is 28.3 Å². The van der Waals surface area contributed by atoms with E-state index in [0.29, 0.717) is 16.9 Å². The van der Waals surface area contributed by atoms with Gasteiger partial charge in [-0.15, -0.1) is 0 Å². The maximum Gasteiger partial charge on any atom is 0.265 e. The zero-order chi connectivity index (χ0) is 22.2. The first-order valence-corrected chi connectivity index (χ1v) is 11.1. The van der Waals surface area contributed by atoms with Crippen LogP contribution in [0.25, 0.3) is 11.1 Å². The zero-order valence-electron chi connectivity index (χ0n) is 17.0. The van der Waals surface area contributed by atoms with Gasteiger partial charge in [0.25, 0.3) is 10.0 Å². The minimum absolute atomic E-state index is 0.0455. The highest BCUT2D eigenvalue weighted by atomic mass is 32.2. The first kappa shape index (κ1) is 20.9. The van der Waals surface area contributed by atoms with Crippen molar-refractivity contribution in [3.8, 4) is 16.9 Å². The lowest BCUT2D eigenvalue weighted by Crippen LogP contribution is -2.43. The molecule has 1 unspecified atom stereocenters. The Balaban J connectivity index is 1.62. The monoisotopic (exact) mass is 440 g/mol. The summed E-state index contributed by atoms with van der Waals surface area (Å²) >= 11 is 0. The molecule has 0 radical (unpaired) electrons. The molecule has 3 aromatic carbocycles. The fourth-order valence-corrected chi connectivity index (χ4v) is 5.32. The molecule has 6 nitrogen and oxygen atoms in total. The molecule has 0 saturated heterocycles. The van der Waals surface area contributed by atoms with Crippen LogP contribution in [0, 0.1) is 5.82 Å². The van der Waals surface area contributed by atoms with E-state index in [9.17, 15) is 17.6 Å². The quantitative estimate of drug-likeness (QED) is 0.653. The SMILES string of the molecule is COc1ccc(C(C)NC(=O)CN2c3ccc(F)cc3-c3ccccc3S2(=O)=O)cc1. The number of sulfonamides is 1. The third kappa shape index (κ3) is 3.86. The van der Waals surface area contributed by atoms with Gasteiger partial charge in [-0.1, -0.05) is 30.3 Å². The van der Waals surface area contributed by atoms with Crippen LogP contribution < -0.4 is 14.4 Å². The van der Waals surface area contributed by atoms with Crippen LogP contribution in [0.15, 0.2) is 71.6 Å². The Labute approximate surface area is 180 Å². The molecule has 0 spiro atoms. The fraction of sp³-hybridized carbons (Fsp3) is 0.174. The highest BCUT2D eigenvalue weighted by molar-refractivity contribution is 7.93. The Hall–Kier alpha value is -3.39. The van der Waals surface area contributed by atoms with Gasteiger partial charge in [0.2, 0.25) is 5.91 Å². The minimum Gasteiger partial charge on any atom is -0.497 e. The van der Waals surface area contributed by atoms with Crippen molar-refractivity contribution in [2.75, 3.05) is 18.0 Å². The van der Waals surface area contributed by atoms with E-state index in [-0.39, 0.29) is 16.6 Å². The summed E-state index contributed by atoms with van der Waals surface area (Å²) in [6, 6.07) is 17.1. The van der Waals surface area contributed by atoms with E-state index in [4.69, 9.17) is 4.74 Å². The normalized spacial score (nSPS) is 14.9. The minimum atomic E-state index is -3.98. The Kier molecular flexibility index (Phi) is 5.41. The average molecular weight is 440 g/mol. The standard InChI is InChI=1S/C23H21FN2O4S/c1-15(16-7-10-18(30-2)11-8-16)25-23(27)14-26-21-12-9-17(24)13-20(21)19-5-3-4-6-22(19)31(26,28)29/h3-13,15H,14H2,1-2H3,(H,25,27). The van der Waals surface area contributed by atoms with Crippen molar-refractivity contribution < 1.29 is 22.3 Å². The van der Waals surface area contributed by atoms with E-state index >= 15 is 0 Å². The lowest BCUT2D eigenvalue weighted by molar-refractivity contribution is -0.120. The van der Waals surface area contributed by atoms with Gasteiger partial charge < -0.3 is 10.1 Å². The maximum atomic E-state index is 13.9. The van der Waals surface area contributed by atoms with Crippen LogP contribution in [-0.4, -0.2) is 28.0 Å². The first-order chi connectivity index (χ1) is 14.8. The topological polar surface area (TPSA) is 75.7 Å². The number of methoxy groups -OCH3 is 1. The van der Waals surface area contributed by atoms with Gasteiger partial charge in [-0.3, -0.25) is 9.10 Å². The van der Waals surface area contributed by atoms with E-state index in [1.165, 1.54) is 24.3 Å². The second kappa shape index (κ2) is 8.03. The smallest absolute Gasteiger partial charge is 0.265 e. The van der Waals surface area contributed by atoms with Crippen LogP contribution >= 0.6 is 0 Å². The van der Waals surface area contributed by atoms with E-state index in [2.05, 4.69) is 5.32 Å². The second-order valence-electron chi connectivity index (χ2n) is 7.23. The number of hydrogen-bond donors (Lipinski definition) is 1. The number of hydrogen-bond acceptors (Lipinski definition) is 4. The van der Waals surface area contributed by atoms with Gasteiger partial charge in [0.05, 0.1) is 23.7 Å². The zero-order valence-corrected chi connectivity index (χ0v) is 17.8. The molecule has 1 atom stereocenters. The Bertz CT molecular complexity index is 1240. The number of rotatable bonds is 5. The van der Waals surface area contributed by atoms with Crippen LogP contribution in [0.3, 0.4) is 0 Å². The average Bonchev–Trinajstić information content (AvgIpc) is 2.77. The molecule has 1 amide bonds. The summed E-state index contributed by atoms with van der Waals surface area (Å²) < 4.78 is 46.6. The van der Waals surface area contributed by atoms with E-state index in [0.717, 1.165) is 9.87 Å². The predicted molar refractivity (Wildman–Crippen MR) is 116 cm³/mol. The van der Waals surface area contributed by atoms with Crippen molar-refractivity contribution in [2.45, 2.75) is 17.9 Å². The van der Waals surface area contributed by atoms with Crippen LogP contribution in [0.5, 0.6) is 5.75 Å². The molecule has 0 aliphatic carbocycles. The summed E-state index contributed by atoms with van der Waals surface area (Å²) in [5.41, 5.74) is 1.97. The van der Waals surface area contributed by atoms with Crippen molar-refractivity contribution in [2.24, 2.45) is 0 Å². The van der Waals surface area contributed by atoms with Crippen LogP contribution in [0.1, 0.15) is 18.5 Å².